The fraction of sp³-hybridized carbons (Fsp3) is 0.533. The molecule has 120 valence electrons. The average molecular weight is 372 g/mol. The molecule has 0 atom stereocenters. The van der Waals surface area contributed by atoms with E-state index in [1.165, 1.54) is 0 Å². The van der Waals surface area contributed by atoms with Crippen LogP contribution in [0.3, 0.4) is 0 Å². The standard InChI is InChI=1S/C15H23N3.2ClH.Fe/c1-10(2)16-12(5)14-8-7-9-15(18-14)13(6)17-11(3)4;;;/h7-11H,1-6H3;2*1H;/q;;;+2/p-2. The molecule has 1 heterocycles. The van der Waals surface area contributed by atoms with Crippen molar-refractivity contribution in [3.05, 3.63) is 29.6 Å². The van der Waals surface area contributed by atoms with E-state index >= 15 is 0 Å². The molecular formula is C15H23Cl2FeN3. The molecule has 0 unspecified atom stereocenters. The number of halogens is 2. The van der Waals surface area contributed by atoms with Crippen LogP contribution in [0.2, 0.25) is 0 Å². The zero-order chi connectivity index (χ0) is 13.7. The Morgan fingerprint density at radius 1 is 0.857 bits per heavy atom. The molecule has 0 aliphatic rings. The van der Waals surface area contributed by atoms with Gasteiger partial charge in [-0.05, 0) is 53.7 Å². The summed E-state index contributed by atoms with van der Waals surface area (Å²) in [5.74, 6) is 0. The summed E-state index contributed by atoms with van der Waals surface area (Å²) in [7, 11) is 0. The van der Waals surface area contributed by atoms with Crippen molar-refractivity contribution in [1.82, 2.24) is 4.98 Å². The first-order valence-corrected chi connectivity index (χ1v) is 6.46. The molecule has 0 spiro atoms. The first-order valence-electron chi connectivity index (χ1n) is 6.46. The predicted molar refractivity (Wildman–Crippen MR) is 78.9 cm³/mol. The molecule has 0 amide bonds. The van der Waals surface area contributed by atoms with Crippen LogP contribution in [-0.4, -0.2) is 28.5 Å². The number of hydrogen-bond acceptors (Lipinski definition) is 3. The van der Waals surface area contributed by atoms with Crippen LogP contribution < -0.4 is 24.8 Å². The minimum atomic E-state index is 0. The van der Waals surface area contributed by atoms with Gasteiger partial charge in [0.1, 0.15) is 0 Å². The van der Waals surface area contributed by atoms with Crippen molar-refractivity contribution in [2.45, 2.75) is 53.6 Å². The van der Waals surface area contributed by atoms with Gasteiger partial charge in [-0.2, -0.15) is 0 Å². The van der Waals surface area contributed by atoms with Crippen LogP contribution in [0.15, 0.2) is 28.2 Å². The van der Waals surface area contributed by atoms with E-state index in [9.17, 15) is 0 Å². The van der Waals surface area contributed by atoms with Gasteiger partial charge >= 0.3 is 17.1 Å². The van der Waals surface area contributed by atoms with Crippen molar-refractivity contribution in [3.63, 3.8) is 0 Å². The van der Waals surface area contributed by atoms with Crippen LogP contribution in [0.4, 0.5) is 0 Å². The Balaban J connectivity index is -0.00000108. The number of hydrogen-bond donors (Lipinski definition) is 0. The molecule has 0 radical (unpaired) electrons. The van der Waals surface area contributed by atoms with E-state index < -0.39 is 0 Å². The fourth-order valence-electron chi connectivity index (χ4n) is 1.74. The molecule has 0 saturated heterocycles. The third kappa shape index (κ3) is 9.26. The van der Waals surface area contributed by atoms with E-state index in [0.717, 1.165) is 22.8 Å². The van der Waals surface area contributed by atoms with Gasteiger partial charge in [0, 0.05) is 12.1 Å². The van der Waals surface area contributed by atoms with E-state index in [1.807, 2.05) is 32.0 Å². The Labute approximate surface area is 151 Å². The van der Waals surface area contributed by atoms with E-state index in [2.05, 4.69) is 42.7 Å². The van der Waals surface area contributed by atoms with Crippen LogP contribution in [0.5, 0.6) is 0 Å². The first-order chi connectivity index (χ1) is 8.40. The Bertz CT molecular complexity index is 432. The van der Waals surface area contributed by atoms with Gasteiger partial charge in [0.2, 0.25) is 0 Å². The fourth-order valence-corrected chi connectivity index (χ4v) is 1.74. The van der Waals surface area contributed by atoms with E-state index in [1.54, 1.807) is 0 Å². The van der Waals surface area contributed by atoms with Gasteiger partial charge in [0.05, 0.1) is 22.8 Å². The molecule has 1 rings (SSSR count). The maximum Gasteiger partial charge on any atom is 2.00 e. The van der Waals surface area contributed by atoms with Crippen molar-refractivity contribution < 1.29 is 41.9 Å². The molecule has 1 aromatic heterocycles. The third-order valence-electron chi connectivity index (χ3n) is 2.39. The Hall–Kier alpha value is -0.411. The molecule has 0 N–H and O–H groups in total. The summed E-state index contributed by atoms with van der Waals surface area (Å²) in [6, 6.07) is 6.58. The van der Waals surface area contributed by atoms with Crippen molar-refractivity contribution in [2.24, 2.45) is 9.98 Å². The molecule has 0 aliphatic carbocycles. The summed E-state index contributed by atoms with van der Waals surface area (Å²) >= 11 is 0. The smallest absolute Gasteiger partial charge is 1.00 e. The minimum Gasteiger partial charge on any atom is -1.00 e. The third-order valence-corrected chi connectivity index (χ3v) is 2.39. The number of nitrogens with zero attached hydrogens (tertiary/aromatic N) is 3. The van der Waals surface area contributed by atoms with Crippen molar-refractivity contribution in [1.29, 1.82) is 0 Å². The summed E-state index contributed by atoms with van der Waals surface area (Å²) in [6.07, 6.45) is 0. The van der Waals surface area contributed by atoms with Gasteiger partial charge in [-0.1, -0.05) is 6.07 Å². The summed E-state index contributed by atoms with van der Waals surface area (Å²) in [6.45, 7) is 12.3. The topological polar surface area (TPSA) is 37.6 Å². The zero-order valence-electron chi connectivity index (χ0n) is 13.3. The van der Waals surface area contributed by atoms with Gasteiger partial charge in [-0.15, -0.1) is 0 Å². The summed E-state index contributed by atoms with van der Waals surface area (Å²) < 4.78 is 0. The van der Waals surface area contributed by atoms with Crippen molar-refractivity contribution in [3.8, 4) is 0 Å². The van der Waals surface area contributed by atoms with Crippen molar-refractivity contribution >= 4 is 11.4 Å². The Kier molecular flexibility index (Phi) is 14.8. The largest absolute Gasteiger partial charge is 2.00 e. The van der Waals surface area contributed by atoms with Crippen LogP contribution in [0.25, 0.3) is 0 Å². The van der Waals surface area contributed by atoms with Gasteiger partial charge in [0.15, 0.2) is 0 Å². The van der Waals surface area contributed by atoms with Gasteiger partial charge in [-0.3, -0.25) is 9.98 Å². The van der Waals surface area contributed by atoms with Crippen LogP contribution in [0.1, 0.15) is 52.9 Å². The van der Waals surface area contributed by atoms with Gasteiger partial charge < -0.3 is 24.8 Å². The second kappa shape index (κ2) is 12.2. The minimum absolute atomic E-state index is 0. The second-order valence-electron chi connectivity index (χ2n) is 5.02. The predicted octanol–water partition coefficient (Wildman–Crippen LogP) is -2.48. The molecule has 0 saturated carbocycles. The zero-order valence-corrected chi connectivity index (χ0v) is 16.0. The molecular weight excluding hydrogens is 349 g/mol. The Morgan fingerprint density at radius 3 is 1.48 bits per heavy atom. The van der Waals surface area contributed by atoms with E-state index in [0.29, 0.717) is 12.1 Å². The van der Waals surface area contributed by atoms with Crippen molar-refractivity contribution in [2.75, 3.05) is 0 Å². The molecule has 0 fully saturated rings. The number of pyridine rings is 1. The summed E-state index contributed by atoms with van der Waals surface area (Å²) in [5, 5.41) is 0. The van der Waals surface area contributed by atoms with E-state index in [4.69, 9.17) is 0 Å². The SMILES string of the molecule is CC(=NC(C)C)c1cccc(C(C)=NC(C)C)n1.[Cl-].[Cl-].[Fe+2]. The normalized spacial score (nSPS) is 11.6. The molecule has 0 bridgehead atoms. The molecule has 3 nitrogen and oxygen atoms in total. The van der Waals surface area contributed by atoms with Crippen LogP contribution in [0, 0.1) is 0 Å². The van der Waals surface area contributed by atoms with Crippen LogP contribution in [-0.2, 0) is 17.1 Å². The monoisotopic (exact) mass is 371 g/mol. The number of aromatic nitrogens is 1. The molecule has 21 heavy (non-hydrogen) atoms. The average Bonchev–Trinajstić information content (AvgIpc) is 2.27. The molecule has 0 aliphatic heterocycles. The summed E-state index contributed by atoms with van der Waals surface area (Å²) in [5.41, 5.74) is 3.81. The van der Waals surface area contributed by atoms with Gasteiger partial charge in [0.25, 0.3) is 0 Å². The molecule has 0 aromatic carbocycles. The number of rotatable bonds is 4. The molecule has 6 heteroatoms. The molecule has 1 aromatic rings. The number of aliphatic imine (C=N–C) groups is 2. The van der Waals surface area contributed by atoms with E-state index in [-0.39, 0.29) is 41.9 Å². The first kappa shape index (κ1) is 25.5. The maximum absolute atomic E-state index is 4.62. The maximum atomic E-state index is 4.62. The Morgan fingerprint density at radius 2 is 1.19 bits per heavy atom. The second-order valence-corrected chi connectivity index (χ2v) is 5.02. The van der Waals surface area contributed by atoms with Crippen LogP contribution >= 0.6 is 0 Å². The van der Waals surface area contributed by atoms with Gasteiger partial charge in [-0.25, -0.2) is 4.98 Å². The quantitative estimate of drug-likeness (QED) is 0.426. The summed E-state index contributed by atoms with van der Waals surface area (Å²) in [4.78, 5) is 13.7.